The van der Waals surface area contributed by atoms with Gasteiger partial charge in [0.25, 0.3) is 0 Å². The third-order valence-corrected chi connectivity index (χ3v) is 1.88. The van der Waals surface area contributed by atoms with E-state index in [1.165, 1.54) is 0 Å². The number of halogens is 3. The summed E-state index contributed by atoms with van der Waals surface area (Å²) in [7, 11) is 0. The van der Waals surface area contributed by atoms with Crippen molar-refractivity contribution in [2.75, 3.05) is 0 Å². The highest BCUT2D eigenvalue weighted by Gasteiger charge is 2.32. The highest BCUT2D eigenvalue weighted by molar-refractivity contribution is 5.47. The minimum Gasteiger partial charge on any atom is -0.508 e. The second-order valence-electron chi connectivity index (χ2n) is 2.84. The topological polar surface area (TPSA) is 40.5 Å². The molecule has 0 aliphatic rings. The summed E-state index contributed by atoms with van der Waals surface area (Å²) in [5.74, 6) is -1.06. The van der Waals surface area contributed by atoms with Gasteiger partial charge in [-0.05, 0) is 18.6 Å². The normalized spacial score (nSPS) is 11.7. The summed E-state index contributed by atoms with van der Waals surface area (Å²) in [5, 5.41) is 18.4. The van der Waals surface area contributed by atoms with Gasteiger partial charge in [-0.3, -0.25) is 0 Å². The van der Waals surface area contributed by atoms with Crippen LogP contribution in [0.3, 0.4) is 0 Å². The summed E-state index contributed by atoms with van der Waals surface area (Å²) in [6.07, 6.45) is -4.28. The Morgan fingerprint density at radius 1 is 1.14 bits per heavy atom. The van der Waals surface area contributed by atoms with Crippen LogP contribution in [0.15, 0.2) is 12.1 Å². The van der Waals surface area contributed by atoms with Crippen molar-refractivity contribution in [1.82, 2.24) is 0 Å². The number of rotatable bonds is 1. The predicted octanol–water partition coefficient (Wildman–Crippen LogP) is 2.68. The zero-order valence-electron chi connectivity index (χ0n) is 7.39. The molecule has 0 amide bonds. The first-order chi connectivity index (χ1) is 6.36. The van der Waals surface area contributed by atoms with Gasteiger partial charge in [0.2, 0.25) is 0 Å². The van der Waals surface area contributed by atoms with Gasteiger partial charge in [-0.15, -0.1) is 0 Å². The lowest BCUT2D eigenvalue weighted by Crippen LogP contribution is -2.05. The molecule has 2 nitrogen and oxygen atoms in total. The maximum absolute atomic E-state index is 12.2. The molecule has 0 aliphatic carbocycles. The second kappa shape index (κ2) is 3.40. The first kappa shape index (κ1) is 10.7. The molecule has 0 radical (unpaired) electrons. The maximum Gasteiger partial charge on any atom is 0.416 e. The number of benzene rings is 1. The smallest absolute Gasteiger partial charge is 0.416 e. The van der Waals surface area contributed by atoms with E-state index in [4.69, 9.17) is 0 Å². The molecular formula is C9H9F3O2. The summed E-state index contributed by atoms with van der Waals surface area (Å²) in [6.45, 7) is 1.63. The van der Waals surface area contributed by atoms with Gasteiger partial charge in [-0.2, -0.15) is 13.2 Å². The van der Waals surface area contributed by atoms with Crippen LogP contribution in [-0.2, 0) is 12.6 Å². The van der Waals surface area contributed by atoms with Crippen LogP contribution in [0.5, 0.6) is 11.5 Å². The molecule has 0 unspecified atom stereocenters. The Morgan fingerprint density at radius 3 is 1.86 bits per heavy atom. The van der Waals surface area contributed by atoms with E-state index in [-0.39, 0.29) is 12.0 Å². The first-order valence-electron chi connectivity index (χ1n) is 3.98. The van der Waals surface area contributed by atoms with E-state index in [1.54, 1.807) is 6.92 Å². The van der Waals surface area contributed by atoms with E-state index >= 15 is 0 Å². The van der Waals surface area contributed by atoms with Crippen LogP contribution >= 0.6 is 0 Å². The van der Waals surface area contributed by atoms with E-state index in [0.717, 1.165) is 0 Å². The average molecular weight is 206 g/mol. The van der Waals surface area contributed by atoms with Crippen molar-refractivity contribution in [2.45, 2.75) is 19.5 Å². The van der Waals surface area contributed by atoms with Crippen molar-refractivity contribution in [3.05, 3.63) is 23.3 Å². The van der Waals surface area contributed by atoms with E-state index in [0.29, 0.717) is 12.1 Å². The van der Waals surface area contributed by atoms with Crippen molar-refractivity contribution >= 4 is 0 Å². The standard InChI is InChI=1S/C9H9F3O2/c1-2-6-7(13)3-5(4-8(6)14)9(10,11)12/h3-4,13-14H,2H2,1H3. The lowest BCUT2D eigenvalue weighted by atomic mass is 10.1. The van der Waals surface area contributed by atoms with Crippen molar-refractivity contribution in [2.24, 2.45) is 0 Å². The number of aromatic hydroxyl groups is 2. The van der Waals surface area contributed by atoms with Crippen LogP contribution in [0, 0.1) is 0 Å². The number of hydrogen-bond donors (Lipinski definition) is 2. The average Bonchev–Trinajstić information content (AvgIpc) is 2.01. The van der Waals surface area contributed by atoms with Crippen LogP contribution in [0.2, 0.25) is 0 Å². The zero-order chi connectivity index (χ0) is 10.9. The molecule has 0 saturated heterocycles. The molecule has 0 saturated carbocycles. The van der Waals surface area contributed by atoms with Crippen molar-refractivity contribution < 1.29 is 23.4 Å². The number of hydrogen-bond acceptors (Lipinski definition) is 2. The Morgan fingerprint density at radius 2 is 1.57 bits per heavy atom. The van der Waals surface area contributed by atoms with Gasteiger partial charge in [0, 0.05) is 5.56 Å². The van der Waals surface area contributed by atoms with Crippen molar-refractivity contribution in [1.29, 1.82) is 0 Å². The van der Waals surface area contributed by atoms with E-state index < -0.39 is 23.2 Å². The lowest BCUT2D eigenvalue weighted by Gasteiger charge is -2.10. The van der Waals surface area contributed by atoms with Crippen LogP contribution in [-0.4, -0.2) is 10.2 Å². The van der Waals surface area contributed by atoms with Crippen LogP contribution < -0.4 is 0 Å². The Kier molecular flexibility index (Phi) is 2.59. The lowest BCUT2D eigenvalue weighted by molar-refractivity contribution is -0.137. The Hall–Kier alpha value is -1.39. The van der Waals surface area contributed by atoms with Crippen molar-refractivity contribution in [3.8, 4) is 11.5 Å². The van der Waals surface area contributed by atoms with Gasteiger partial charge in [0.05, 0.1) is 5.56 Å². The molecule has 14 heavy (non-hydrogen) atoms. The Balaban J connectivity index is 3.28. The highest BCUT2D eigenvalue weighted by Crippen LogP contribution is 2.37. The molecule has 0 aliphatic heterocycles. The van der Waals surface area contributed by atoms with Gasteiger partial charge >= 0.3 is 6.18 Å². The van der Waals surface area contributed by atoms with Crippen LogP contribution in [0.1, 0.15) is 18.1 Å². The van der Waals surface area contributed by atoms with Gasteiger partial charge in [-0.1, -0.05) is 6.92 Å². The predicted molar refractivity (Wildman–Crippen MR) is 44.2 cm³/mol. The molecular weight excluding hydrogens is 197 g/mol. The third kappa shape index (κ3) is 1.92. The molecule has 0 spiro atoms. The summed E-state index contributed by atoms with van der Waals surface area (Å²) in [5.41, 5.74) is -0.928. The highest BCUT2D eigenvalue weighted by atomic mass is 19.4. The summed E-state index contributed by atoms with van der Waals surface area (Å²) >= 11 is 0. The Labute approximate surface area is 78.6 Å². The third-order valence-electron chi connectivity index (χ3n) is 1.88. The van der Waals surface area contributed by atoms with E-state index in [9.17, 15) is 23.4 Å². The monoisotopic (exact) mass is 206 g/mol. The molecule has 1 aromatic rings. The second-order valence-corrected chi connectivity index (χ2v) is 2.84. The van der Waals surface area contributed by atoms with Crippen molar-refractivity contribution in [3.63, 3.8) is 0 Å². The molecule has 1 aromatic carbocycles. The maximum atomic E-state index is 12.2. The number of alkyl halides is 3. The molecule has 0 aromatic heterocycles. The molecule has 0 fully saturated rings. The van der Waals surface area contributed by atoms with Gasteiger partial charge in [-0.25, -0.2) is 0 Å². The number of phenols is 2. The van der Waals surface area contributed by atoms with Crippen LogP contribution in [0.4, 0.5) is 13.2 Å². The fourth-order valence-electron chi connectivity index (χ4n) is 1.17. The van der Waals surface area contributed by atoms with Gasteiger partial charge < -0.3 is 10.2 Å². The number of phenolic OH excluding ortho intramolecular Hbond substituents is 2. The minimum atomic E-state index is -4.55. The fraction of sp³-hybridized carbons (Fsp3) is 0.333. The summed E-state index contributed by atoms with van der Waals surface area (Å²) < 4.78 is 36.5. The summed E-state index contributed by atoms with van der Waals surface area (Å²) in [6, 6.07) is 1.22. The molecule has 0 bridgehead atoms. The Bertz CT molecular complexity index is 321. The zero-order valence-corrected chi connectivity index (χ0v) is 7.39. The van der Waals surface area contributed by atoms with E-state index in [1.807, 2.05) is 0 Å². The largest absolute Gasteiger partial charge is 0.508 e. The van der Waals surface area contributed by atoms with E-state index in [2.05, 4.69) is 0 Å². The quantitative estimate of drug-likeness (QED) is 0.741. The molecule has 0 atom stereocenters. The molecule has 2 N–H and O–H groups in total. The first-order valence-corrected chi connectivity index (χ1v) is 3.98. The van der Waals surface area contributed by atoms with Gasteiger partial charge in [0.1, 0.15) is 11.5 Å². The minimum absolute atomic E-state index is 0.123. The molecule has 0 heterocycles. The molecule has 5 heteroatoms. The van der Waals surface area contributed by atoms with Gasteiger partial charge in [0.15, 0.2) is 0 Å². The molecule has 78 valence electrons. The summed E-state index contributed by atoms with van der Waals surface area (Å²) in [4.78, 5) is 0. The molecule has 1 rings (SSSR count). The van der Waals surface area contributed by atoms with Crippen LogP contribution in [0.25, 0.3) is 0 Å². The fourth-order valence-corrected chi connectivity index (χ4v) is 1.17. The SMILES string of the molecule is CCc1c(O)cc(C(F)(F)F)cc1O.